The van der Waals surface area contributed by atoms with Crippen LogP contribution in [0.25, 0.3) is 0 Å². The summed E-state index contributed by atoms with van der Waals surface area (Å²) in [5.74, 6) is 2.20. The van der Waals surface area contributed by atoms with Crippen LogP contribution in [0.5, 0.6) is 0 Å². The Balaban J connectivity index is 2.25. The van der Waals surface area contributed by atoms with E-state index in [0.29, 0.717) is 12.0 Å². The largest absolute Gasteiger partial charge is 0.257 e. The van der Waals surface area contributed by atoms with Gasteiger partial charge in [0.05, 0.1) is 12.0 Å². The van der Waals surface area contributed by atoms with Gasteiger partial charge < -0.3 is 0 Å². The predicted octanol–water partition coefficient (Wildman–Crippen LogP) is 9.42. The molecule has 0 aromatic carbocycles. The molecule has 2 atom stereocenters. The summed E-state index contributed by atoms with van der Waals surface area (Å²) in [5, 5.41) is 0. The van der Waals surface area contributed by atoms with E-state index in [9.17, 15) is 0 Å². The molecule has 0 aliphatic heterocycles. The van der Waals surface area contributed by atoms with E-state index in [-0.39, 0.29) is 0 Å². The van der Waals surface area contributed by atoms with Crippen LogP contribution in [-0.2, 0) is 0 Å². The van der Waals surface area contributed by atoms with Crippen LogP contribution in [0.1, 0.15) is 167 Å². The van der Waals surface area contributed by atoms with Gasteiger partial charge in [-0.05, 0) is 32.6 Å². The fraction of sp³-hybridized carbons (Fsp3) is 0.893. The van der Waals surface area contributed by atoms with E-state index in [1.165, 1.54) is 128 Å². The molecule has 0 bridgehead atoms. The number of unbranched alkanes of at least 4 members (excludes halogenated alkanes) is 13. The highest BCUT2D eigenvalue weighted by atomic mass is 15.1. The van der Waals surface area contributed by atoms with Gasteiger partial charge in [0.1, 0.15) is 12.4 Å². The third-order valence-electron chi connectivity index (χ3n) is 6.87. The highest BCUT2D eigenvalue weighted by Crippen LogP contribution is 2.25. The number of nitrogens with zero attached hydrogens (tertiary/aromatic N) is 1. The maximum atomic E-state index is 3.62. The average molecular weight is 420 g/mol. The van der Waals surface area contributed by atoms with Crippen molar-refractivity contribution in [1.29, 1.82) is 0 Å². The number of aromatic nitrogens is 2. The smallest absolute Gasteiger partial charge is 0.247 e. The molecule has 1 aromatic heterocycles. The van der Waals surface area contributed by atoms with E-state index in [2.05, 4.69) is 49.6 Å². The molecule has 1 aromatic rings. The maximum Gasteiger partial charge on any atom is 0.257 e. The third-order valence-corrected chi connectivity index (χ3v) is 6.87. The van der Waals surface area contributed by atoms with Gasteiger partial charge in [-0.15, -0.1) is 0 Å². The van der Waals surface area contributed by atoms with E-state index in [0.717, 1.165) is 0 Å². The Morgan fingerprint density at radius 2 is 1.13 bits per heavy atom. The summed E-state index contributed by atoms with van der Waals surface area (Å²) in [4.78, 5) is 3.62. The zero-order valence-corrected chi connectivity index (χ0v) is 21.2. The lowest BCUT2D eigenvalue weighted by atomic mass is 9.95. The van der Waals surface area contributed by atoms with Crippen LogP contribution in [0.4, 0.5) is 0 Å². The minimum Gasteiger partial charge on any atom is -0.247 e. The standard InChI is InChI=1S/C28H54N2/c1-5-8-10-12-13-14-15-16-17-18-19-22-26(4)30-25-24-29-28(30)27(21-7-3)23-20-11-9-6-2/h24-27H,5-23H2,1-4H3/p+1. The number of aromatic amines is 1. The monoisotopic (exact) mass is 419 g/mol. The Morgan fingerprint density at radius 3 is 1.70 bits per heavy atom. The van der Waals surface area contributed by atoms with Crippen LogP contribution in [0.2, 0.25) is 0 Å². The number of imidazole rings is 1. The molecule has 1 heterocycles. The summed E-state index contributed by atoms with van der Waals surface area (Å²) in [6.45, 7) is 9.36. The lowest BCUT2D eigenvalue weighted by Gasteiger charge is -2.16. The molecule has 0 amide bonds. The zero-order chi connectivity index (χ0) is 21.9. The van der Waals surface area contributed by atoms with Crippen LogP contribution < -0.4 is 4.57 Å². The van der Waals surface area contributed by atoms with Crippen molar-refractivity contribution in [1.82, 2.24) is 4.98 Å². The minimum absolute atomic E-state index is 0.625. The van der Waals surface area contributed by atoms with Crippen LogP contribution in [0.3, 0.4) is 0 Å². The normalized spacial score (nSPS) is 13.6. The summed E-state index contributed by atoms with van der Waals surface area (Å²) >= 11 is 0. The van der Waals surface area contributed by atoms with Crippen molar-refractivity contribution in [3.63, 3.8) is 0 Å². The lowest BCUT2D eigenvalue weighted by molar-refractivity contribution is -0.727. The Morgan fingerprint density at radius 1 is 0.633 bits per heavy atom. The minimum atomic E-state index is 0.625. The van der Waals surface area contributed by atoms with Gasteiger partial charge in [-0.3, -0.25) is 0 Å². The molecule has 0 saturated heterocycles. The molecule has 176 valence electrons. The molecule has 2 nitrogen and oxygen atoms in total. The summed E-state index contributed by atoms with van der Waals surface area (Å²) < 4.78 is 2.57. The molecular weight excluding hydrogens is 364 g/mol. The fourth-order valence-corrected chi connectivity index (χ4v) is 4.90. The lowest BCUT2D eigenvalue weighted by Crippen LogP contribution is -2.41. The number of rotatable bonds is 21. The van der Waals surface area contributed by atoms with Crippen LogP contribution in [-0.4, -0.2) is 4.98 Å². The number of hydrogen-bond donors (Lipinski definition) is 1. The van der Waals surface area contributed by atoms with E-state index in [1.54, 1.807) is 0 Å². The van der Waals surface area contributed by atoms with Gasteiger partial charge in [0, 0.05) is 0 Å². The topological polar surface area (TPSA) is 19.7 Å². The van der Waals surface area contributed by atoms with Crippen molar-refractivity contribution < 1.29 is 4.57 Å². The molecule has 0 radical (unpaired) electrons. The van der Waals surface area contributed by atoms with E-state index < -0.39 is 0 Å². The second kappa shape index (κ2) is 18.9. The first-order chi connectivity index (χ1) is 14.7. The molecule has 30 heavy (non-hydrogen) atoms. The Kier molecular flexibility index (Phi) is 17.2. The Hall–Kier alpha value is -0.790. The molecule has 2 unspecified atom stereocenters. The first kappa shape index (κ1) is 27.2. The SMILES string of the molecule is CCCCCCCCCCCCCC(C)[n+]1cc[nH]c1C(CCC)CCCCCC. The molecule has 0 fully saturated rings. The van der Waals surface area contributed by atoms with Crippen molar-refractivity contribution in [2.75, 3.05) is 0 Å². The summed E-state index contributed by atoms with van der Waals surface area (Å²) in [7, 11) is 0. The van der Waals surface area contributed by atoms with Gasteiger partial charge in [-0.2, -0.15) is 0 Å². The van der Waals surface area contributed by atoms with E-state index in [4.69, 9.17) is 0 Å². The van der Waals surface area contributed by atoms with Gasteiger partial charge in [0.2, 0.25) is 0 Å². The summed E-state index contributed by atoms with van der Waals surface area (Å²) in [6, 6.07) is 0.625. The highest BCUT2D eigenvalue weighted by Gasteiger charge is 2.24. The Labute approximate surface area is 189 Å². The van der Waals surface area contributed by atoms with Crippen LogP contribution >= 0.6 is 0 Å². The van der Waals surface area contributed by atoms with Crippen molar-refractivity contribution in [3.05, 3.63) is 18.2 Å². The molecule has 1 N–H and O–H groups in total. The number of nitrogens with one attached hydrogen (secondary N) is 1. The molecule has 0 saturated carbocycles. The van der Waals surface area contributed by atoms with Crippen molar-refractivity contribution >= 4 is 0 Å². The number of hydrogen-bond acceptors (Lipinski definition) is 0. The Bertz CT molecular complexity index is 479. The van der Waals surface area contributed by atoms with E-state index >= 15 is 0 Å². The zero-order valence-electron chi connectivity index (χ0n) is 21.2. The quantitative estimate of drug-likeness (QED) is 0.151. The average Bonchev–Trinajstić information content (AvgIpc) is 3.24. The van der Waals surface area contributed by atoms with Gasteiger partial charge in [-0.25, -0.2) is 9.55 Å². The van der Waals surface area contributed by atoms with Crippen LogP contribution in [0.15, 0.2) is 12.4 Å². The van der Waals surface area contributed by atoms with Crippen molar-refractivity contribution in [2.24, 2.45) is 0 Å². The summed E-state index contributed by atoms with van der Waals surface area (Å²) in [5.41, 5.74) is 0. The first-order valence-corrected chi connectivity index (χ1v) is 13.8. The molecule has 0 spiro atoms. The van der Waals surface area contributed by atoms with Gasteiger partial charge in [0.25, 0.3) is 5.82 Å². The molecule has 2 heteroatoms. The van der Waals surface area contributed by atoms with Gasteiger partial charge in [-0.1, -0.05) is 117 Å². The third kappa shape index (κ3) is 12.2. The second-order valence-corrected chi connectivity index (χ2v) is 9.76. The molecular formula is C28H55N2+. The number of H-pyrrole nitrogens is 1. The van der Waals surface area contributed by atoms with Crippen molar-refractivity contribution in [2.45, 2.75) is 162 Å². The fourth-order valence-electron chi connectivity index (χ4n) is 4.90. The van der Waals surface area contributed by atoms with Crippen LogP contribution in [0, 0.1) is 0 Å². The highest BCUT2D eigenvalue weighted by molar-refractivity contribution is 4.90. The second-order valence-electron chi connectivity index (χ2n) is 9.76. The van der Waals surface area contributed by atoms with Gasteiger partial charge >= 0.3 is 0 Å². The predicted molar refractivity (Wildman–Crippen MR) is 133 cm³/mol. The first-order valence-electron chi connectivity index (χ1n) is 13.8. The maximum absolute atomic E-state index is 3.62. The molecule has 0 aliphatic carbocycles. The summed E-state index contributed by atoms with van der Waals surface area (Å²) in [6.07, 6.45) is 31.0. The van der Waals surface area contributed by atoms with Crippen molar-refractivity contribution in [3.8, 4) is 0 Å². The van der Waals surface area contributed by atoms with E-state index in [1.807, 2.05) is 0 Å². The van der Waals surface area contributed by atoms with Gasteiger partial charge in [0.15, 0.2) is 0 Å². The molecule has 0 aliphatic rings. The molecule has 1 rings (SSSR count).